The first-order valence-electron chi connectivity index (χ1n) is 11.5. The van der Waals surface area contributed by atoms with E-state index in [-0.39, 0.29) is 5.69 Å². The minimum Gasteiger partial charge on any atom is -0.491 e. The van der Waals surface area contributed by atoms with Gasteiger partial charge in [-0.1, -0.05) is 30.7 Å². The summed E-state index contributed by atoms with van der Waals surface area (Å²) >= 11 is 0. The topological polar surface area (TPSA) is 71.7 Å². The zero-order valence-corrected chi connectivity index (χ0v) is 19.1. The lowest BCUT2D eigenvalue weighted by Crippen LogP contribution is -2.38. The number of hydrogen-bond donors (Lipinski definition) is 2. The number of aryl methyl sites for hydroxylation is 2. The summed E-state index contributed by atoms with van der Waals surface area (Å²) in [6, 6.07) is 14.1. The Morgan fingerprint density at radius 1 is 1.00 bits per heavy atom. The van der Waals surface area contributed by atoms with E-state index in [1.54, 1.807) is 23.2 Å². The van der Waals surface area contributed by atoms with Crippen molar-refractivity contribution < 1.29 is 9.84 Å². The molecule has 0 aliphatic carbocycles. The van der Waals surface area contributed by atoms with Crippen LogP contribution in [0.15, 0.2) is 47.3 Å². The maximum atomic E-state index is 12.1. The van der Waals surface area contributed by atoms with Gasteiger partial charge in [0.05, 0.1) is 11.0 Å². The van der Waals surface area contributed by atoms with Crippen LogP contribution < -0.4 is 15.7 Å². The van der Waals surface area contributed by atoms with Crippen LogP contribution in [0.4, 0.5) is 0 Å². The lowest BCUT2D eigenvalue weighted by atomic mass is 10.1. The third-order valence-electron chi connectivity index (χ3n) is 6.30. The summed E-state index contributed by atoms with van der Waals surface area (Å²) in [6.45, 7) is 4.45. The van der Waals surface area contributed by atoms with E-state index in [0.29, 0.717) is 26.2 Å². The molecule has 1 atom stereocenters. The molecule has 2 N–H and O–H groups in total. The number of piperidine rings is 1. The van der Waals surface area contributed by atoms with Crippen molar-refractivity contribution >= 4 is 11.0 Å². The number of rotatable bonds is 9. The molecule has 32 heavy (non-hydrogen) atoms. The highest BCUT2D eigenvalue weighted by atomic mass is 16.5. The van der Waals surface area contributed by atoms with Crippen molar-refractivity contribution in [3.05, 3.63) is 64.1 Å². The summed E-state index contributed by atoms with van der Waals surface area (Å²) in [7, 11) is 3.60. The van der Waals surface area contributed by atoms with Crippen molar-refractivity contribution in [3.63, 3.8) is 0 Å². The first-order chi connectivity index (χ1) is 15.5. The van der Waals surface area contributed by atoms with Gasteiger partial charge in [0.2, 0.25) is 0 Å². The number of nitrogens with one attached hydrogen (secondary N) is 1. The number of nitrogens with zero attached hydrogens (tertiary/aromatic N) is 3. The van der Waals surface area contributed by atoms with E-state index in [4.69, 9.17) is 4.74 Å². The second-order valence-corrected chi connectivity index (χ2v) is 8.76. The quantitative estimate of drug-likeness (QED) is 0.537. The summed E-state index contributed by atoms with van der Waals surface area (Å²) < 4.78 is 9.32. The van der Waals surface area contributed by atoms with E-state index in [0.717, 1.165) is 41.0 Å². The van der Waals surface area contributed by atoms with Crippen molar-refractivity contribution in [1.29, 1.82) is 0 Å². The molecule has 0 bridgehead atoms. The maximum absolute atomic E-state index is 12.1. The number of hydrogen-bond acceptors (Lipinski definition) is 5. The third-order valence-corrected chi connectivity index (χ3v) is 6.30. The van der Waals surface area contributed by atoms with Gasteiger partial charge in [-0.25, -0.2) is 4.79 Å². The first kappa shape index (κ1) is 22.6. The SMILES string of the molecule is Cn1c(=O)n(C)c2cc(CNCc3ccccc3OC[C@H](O)CN3CCCCC3)ccc21. The van der Waals surface area contributed by atoms with Crippen LogP contribution in [0.1, 0.15) is 30.4 Å². The molecule has 0 unspecified atom stereocenters. The Morgan fingerprint density at radius 3 is 2.56 bits per heavy atom. The summed E-state index contributed by atoms with van der Waals surface area (Å²) in [5, 5.41) is 13.9. The number of likely N-dealkylation sites (tertiary alicyclic amines) is 1. The molecule has 2 aromatic carbocycles. The second-order valence-electron chi connectivity index (χ2n) is 8.76. The van der Waals surface area contributed by atoms with Crippen molar-refractivity contribution in [2.75, 3.05) is 26.2 Å². The standard InChI is InChI=1S/C25H34N4O3/c1-27-22-11-10-19(14-23(22)28(2)25(27)31)15-26-16-20-8-4-5-9-24(20)32-18-21(30)17-29-12-6-3-7-13-29/h4-5,8-11,14,21,26,30H,3,6-7,12-13,15-18H2,1-2H3/t21-/m1/s1. The van der Waals surface area contributed by atoms with Gasteiger partial charge in [0.1, 0.15) is 18.5 Å². The van der Waals surface area contributed by atoms with Gasteiger partial charge in [0, 0.05) is 39.3 Å². The number of benzene rings is 2. The minimum absolute atomic E-state index is 0.0151. The smallest absolute Gasteiger partial charge is 0.328 e. The highest BCUT2D eigenvalue weighted by molar-refractivity contribution is 5.76. The molecular weight excluding hydrogens is 404 g/mol. The molecule has 4 rings (SSSR count). The fourth-order valence-corrected chi connectivity index (χ4v) is 4.47. The van der Waals surface area contributed by atoms with Crippen LogP contribution in [0.25, 0.3) is 11.0 Å². The monoisotopic (exact) mass is 438 g/mol. The van der Waals surface area contributed by atoms with Gasteiger partial charge in [-0.15, -0.1) is 0 Å². The molecule has 2 heterocycles. The van der Waals surface area contributed by atoms with Crippen LogP contribution in [-0.2, 0) is 27.2 Å². The molecule has 1 fully saturated rings. The molecule has 0 saturated carbocycles. The zero-order valence-electron chi connectivity index (χ0n) is 19.1. The molecule has 7 nitrogen and oxygen atoms in total. The average molecular weight is 439 g/mol. The maximum Gasteiger partial charge on any atom is 0.328 e. The molecule has 1 saturated heterocycles. The van der Waals surface area contributed by atoms with Crippen LogP contribution in [0, 0.1) is 0 Å². The van der Waals surface area contributed by atoms with E-state index >= 15 is 0 Å². The minimum atomic E-state index is -0.488. The highest BCUT2D eigenvalue weighted by Crippen LogP contribution is 2.19. The second kappa shape index (κ2) is 10.3. The van der Waals surface area contributed by atoms with Crippen LogP contribution in [0.2, 0.25) is 0 Å². The molecule has 172 valence electrons. The lowest BCUT2D eigenvalue weighted by molar-refractivity contribution is 0.0614. The number of ether oxygens (including phenoxy) is 1. The number of β-amino-alcohol motifs (C(OH)–C–C–N with tert-alkyl or cyclic N) is 1. The van der Waals surface area contributed by atoms with Gasteiger partial charge in [-0.05, 0) is 49.7 Å². The number of aliphatic hydroxyl groups is 1. The predicted molar refractivity (Wildman–Crippen MR) is 127 cm³/mol. The molecular formula is C25H34N4O3. The molecule has 1 aliphatic heterocycles. The predicted octanol–water partition coefficient (Wildman–Crippen LogP) is 2.39. The van der Waals surface area contributed by atoms with Crippen LogP contribution >= 0.6 is 0 Å². The summed E-state index contributed by atoms with van der Waals surface area (Å²) in [5.41, 5.74) is 4.03. The van der Waals surface area contributed by atoms with Crippen molar-refractivity contribution in [2.45, 2.75) is 38.5 Å². The van der Waals surface area contributed by atoms with Gasteiger partial charge < -0.3 is 20.1 Å². The normalized spacial score (nSPS) is 15.8. The molecule has 0 radical (unpaired) electrons. The van der Waals surface area contributed by atoms with E-state index in [2.05, 4.69) is 16.3 Å². The van der Waals surface area contributed by atoms with Gasteiger partial charge in [0.25, 0.3) is 0 Å². The number of aliphatic hydroxyl groups excluding tert-OH is 1. The Kier molecular flexibility index (Phi) is 7.29. The molecule has 0 amide bonds. The van der Waals surface area contributed by atoms with Crippen LogP contribution in [0.5, 0.6) is 5.75 Å². The largest absolute Gasteiger partial charge is 0.491 e. The van der Waals surface area contributed by atoms with Crippen molar-refractivity contribution in [2.24, 2.45) is 14.1 Å². The van der Waals surface area contributed by atoms with Crippen molar-refractivity contribution in [3.8, 4) is 5.75 Å². The van der Waals surface area contributed by atoms with E-state index in [1.807, 2.05) is 36.4 Å². The fraction of sp³-hybridized carbons (Fsp3) is 0.480. The molecule has 0 spiro atoms. The average Bonchev–Trinajstić information content (AvgIpc) is 3.03. The Balaban J connectivity index is 1.32. The number of fused-ring (bicyclic) bond motifs is 1. The Hall–Kier alpha value is -2.61. The van der Waals surface area contributed by atoms with Gasteiger partial charge in [-0.3, -0.25) is 9.13 Å². The molecule has 7 heteroatoms. The first-order valence-corrected chi connectivity index (χ1v) is 11.5. The number of imidazole rings is 1. The Bertz CT molecular complexity index is 1100. The van der Waals surface area contributed by atoms with E-state index in [1.165, 1.54) is 19.3 Å². The van der Waals surface area contributed by atoms with Gasteiger partial charge in [0.15, 0.2) is 0 Å². The van der Waals surface area contributed by atoms with Gasteiger partial charge in [-0.2, -0.15) is 0 Å². The zero-order chi connectivity index (χ0) is 22.5. The Morgan fingerprint density at radius 2 is 1.75 bits per heavy atom. The lowest BCUT2D eigenvalue weighted by Gasteiger charge is -2.28. The fourth-order valence-electron chi connectivity index (χ4n) is 4.47. The van der Waals surface area contributed by atoms with Gasteiger partial charge >= 0.3 is 5.69 Å². The van der Waals surface area contributed by atoms with Crippen molar-refractivity contribution in [1.82, 2.24) is 19.4 Å². The third kappa shape index (κ3) is 5.23. The summed E-state index contributed by atoms with van der Waals surface area (Å²) in [6.07, 6.45) is 3.24. The van der Waals surface area contributed by atoms with Crippen LogP contribution in [0.3, 0.4) is 0 Å². The highest BCUT2D eigenvalue weighted by Gasteiger charge is 2.15. The van der Waals surface area contributed by atoms with E-state index in [9.17, 15) is 9.90 Å². The Labute approximate surface area is 189 Å². The number of aromatic nitrogens is 2. The molecule has 1 aliphatic rings. The van der Waals surface area contributed by atoms with Crippen LogP contribution in [-0.4, -0.2) is 51.5 Å². The molecule has 1 aromatic heterocycles. The number of para-hydroxylation sites is 1. The molecule has 3 aromatic rings. The van der Waals surface area contributed by atoms with E-state index < -0.39 is 6.10 Å². The summed E-state index contributed by atoms with van der Waals surface area (Å²) in [5.74, 6) is 0.804. The summed E-state index contributed by atoms with van der Waals surface area (Å²) in [4.78, 5) is 14.5.